The summed E-state index contributed by atoms with van der Waals surface area (Å²) in [5.41, 5.74) is 0. The smallest absolute Gasteiger partial charge is 0.202 e. The third kappa shape index (κ3) is 9.97. The molecule has 170 valence electrons. The van der Waals surface area contributed by atoms with Gasteiger partial charge in [-0.1, -0.05) is 22.1 Å². The maximum Gasteiger partial charge on any atom is 0.202 e. The molecule has 0 rings (SSSR count). The normalized spacial score (nSPS) is 17.9. The van der Waals surface area contributed by atoms with Crippen molar-refractivity contribution in [3.8, 4) is 0 Å². The van der Waals surface area contributed by atoms with Crippen LogP contribution >= 0.6 is 22.6 Å². The molecule has 4 atom stereocenters. The first-order valence-corrected chi connectivity index (χ1v) is 13.0. The average molecular weight is 477 g/mol. The molecule has 0 bridgehead atoms. The molecule has 17 heteroatoms. The molecule has 0 aromatic rings. The van der Waals surface area contributed by atoms with Crippen molar-refractivity contribution in [2.75, 3.05) is 12.3 Å². The standard InChI is InChI=1S/C12H23O14P3/c1-6(10(13)14)2-7(11(15)16)3-8(12(17)18)4-27(19,20)5-9(28(21,22)23)29(24,25)26/h6-9H,2-5H2,1H3,(H,13,14)(H,15,16)(H,17,18)(H,19,20)(H2,21,22,23)(H2,24,25,26)/p-7. The second-order valence-corrected chi connectivity index (χ2v) is 12.7. The summed E-state index contributed by atoms with van der Waals surface area (Å²) in [4.78, 5) is 86.4. The summed E-state index contributed by atoms with van der Waals surface area (Å²) >= 11 is 0. The zero-order valence-electron chi connectivity index (χ0n) is 14.7. The van der Waals surface area contributed by atoms with Crippen molar-refractivity contribution in [1.82, 2.24) is 0 Å². The van der Waals surface area contributed by atoms with Crippen molar-refractivity contribution in [3.05, 3.63) is 0 Å². The molecule has 0 fully saturated rings. The lowest BCUT2D eigenvalue weighted by molar-refractivity contribution is -0.330. The minimum Gasteiger partial charge on any atom is -0.810 e. The van der Waals surface area contributed by atoms with Crippen LogP contribution in [0.5, 0.6) is 0 Å². The molecule has 29 heavy (non-hydrogen) atoms. The molecule has 14 nitrogen and oxygen atoms in total. The van der Waals surface area contributed by atoms with E-state index in [1.165, 1.54) is 0 Å². The zero-order chi connectivity index (χ0) is 23.4. The summed E-state index contributed by atoms with van der Waals surface area (Å²) in [6, 6.07) is 0. The Balaban J connectivity index is 5.59. The van der Waals surface area contributed by atoms with Crippen LogP contribution in [0.15, 0.2) is 0 Å². The van der Waals surface area contributed by atoms with Gasteiger partial charge < -0.3 is 63.3 Å². The fraction of sp³-hybridized carbons (Fsp3) is 0.750. The van der Waals surface area contributed by atoms with Gasteiger partial charge in [-0.3, -0.25) is 4.57 Å². The molecule has 0 radical (unpaired) electrons. The molecule has 0 aliphatic heterocycles. The van der Waals surface area contributed by atoms with Crippen LogP contribution in [-0.4, -0.2) is 40.5 Å². The van der Waals surface area contributed by atoms with Crippen molar-refractivity contribution in [2.24, 2.45) is 17.8 Å². The first-order chi connectivity index (χ1) is 12.8. The molecule has 4 unspecified atom stereocenters. The number of hydrogen-bond acceptors (Lipinski definition) is 13. The molecule has 1 N–H and O–H groups in total. The molecule has 0 heterocycles. The van der Waals surface area contributed by atoms with Crippen LogP contribution in [0.25, 0.3) is 0 Å². The largest absolute Gasteiger partial charge is 0.810 e. The van der Waals surface area contributed by atoms with Gasteiger partial charge in [0, 0.05) is 41.5 Å². The summed E-state index contributed by atoms with van der Waals surface area (Å²) in [7, 11) is -17.5. The summed E-state index contributed by atoms with van der Waals surface area (Å²) < 4.78 is 34.0. The van der Waals surface area contributed by atoms with Gasteiger partial charge in [0.2, 0.25) is 7.37 Å². The molecule has 0 aliphatic carbocycles. The number of carbonyl (C=O) groups is 3. The lowest BCUT2D eigenvalue weighted by Crippen LogP contribution is -2.41. The van der Waals surface area contributed by atoms with Gasteiger partial charge in [-0.05, 0) is 24.7 Å². The minimum absolute atomic E-state index is 0.681. The van der Waals surface area contributed by atoms with E-state index < -0.39 is 88.8 Å². The molecule has 0 aromatic carbocycles. The predicted octanol–water partition coefficient (Wildman–Crippen LogP) is -6.69. The van der Waals surface area contributed by atoms with Gasteiger partial charge in [-0.2, -0.15) is 0 Å². The van der Waals surface area contributed by atoms with E-state index in [2.05, 4.69) is 0 Å². The number of rotatable bonds is 13. The Morgan fingerprint density at radius 1 is 0.759 bits per heavy atom. The lowest BCUT2D eigenvalue weighted by atomic mass is 9.88. The van der Waals surface area contributed by atoms with Gasteiger partial charge in [-0.15, -0.1) is 0 Å². The average Bonchev–Trinajstić information content (AvgIpc) is 2.48. The van der Waals surface area contributed by atoms with Gasteiger partial charge in [0.1, 0.15) is 0 Å². The zero-order valence-corrected chi connectivity index (χ0v) is 17.4. The second-order valence-electron chi connectivity index (χ2n) is 6.50. The Labute approximate surface area is 164 Å². The second kappa shape index (κ2) is 10.3. The Morgan fingerprint density at radius 2 is 1.17 bits per heavy atom. The fourth-order valence-electron chi connectivity index (χ4n) is 2.45. The van der Waals surface area contributed by atoms with Crippen molar-refractivity contribution in [2.45, 2.75) is 25.2 Å². The number of hydrogen-bond donors (Lipinski definition) is 1. The highest BCUT2D eigenvalue weighted by atomic mass is 31.2. The van der Waals surface area contributed by atoms with E-state index in [1.807, 2.05) is 0 Å². The molecule has 0 spiro atoms. The Hall–Kier alpha value is -1.10. The van der Waals surface area contributed by atoms with E-state index in [-0.39, 0.29) is 0 Å². The summed E-state index contributed by atoms with van der Waals surface area (Å²) in [6.07, 6.45) is -5.00. The highest BCUT2D eigenvalue weighted by Crippen LogP contribution is 2.58. The maximum atomic E-state index is 12.1. The van der Waals surface area contributed by atoms with Crippen molar-refractivity contribution in [3.63, 3.8) is 0 Å². The highest BCUT2D eigenvalue weighted by Gasteiger charge is 2.33. The quantitative estimate of drug-likeness (QED) is 0.241. The molecule has 0 amide bonds. The van der Waals surface area contributed by atoms with Gasteiger partial charge in [0.05, 0.1) is 0 Å². The summed E-state index contributed by atoms with van der Waals surface area (Å²) in [6.45, 7) is 1.04. The van der Waals surface area contributed by atoms with Crippen LogP contribution in [0.1, 0.15) is 19.8 Å². The maximum absolute atomic E-state index is 12.1. The van der Waals surface area contributed by atoms with Gasteiger partial charge in [-0.25, -0.2) is 0 Å². The minimum atomic E-state index is -6.19. The summed E-state index contributed by atoms with van der Waals surface area (Å²) in [5.74, 6) is -10.9. The van der Waals surface area contributed by atoms with Crippen LogP contribution in [0.2, 0.25) is 0 Å². The van der Waals surface area contributed by atoms with Gasteiger partial charge in [0.15, 0.2) is 0 Å². The fourth-order valence-corrected chi connectivity index (χ4v) is 8.61. The highest BCUT2D eigenvalue weighted by molar-refractivity contribution is 7.70. The van der Waals surface area contributed by atoms with Crippen LogP contribution < -0.4 is 34.9 Å². The van der Waals surface area contributed by atoms with E-state index in [1.54, 1.807) is 0 Å². The third-order valence-electron chi connectivity index (χ3n) is 3.96. The number of carboxylic acids is 3. The molecular weight excluding hydrogens is 461 g/mol. The van der Waals surface area contributed by atoms with E-state index in [0.29, 0.717) is 0 Å². The van der Waals surface area contributed by atoms with E-state index >= 15 is 0 Å². The first-order valence-electron chi connectivity index (χ1n) is 7.74. The third-order valence-corrected chi connectivity index (χ3v) is 10.0. The topological polar surface area (TPSA) is 284 Å². The first kappa shape index (κ1) is 27.9. The number of carbonyl (C=O) groups excluding carboxylic acids is 3. The molecule has 0 aromatic heterocycles. The Morgan fingerprint density at radius 3 is 1.48 bits per heavy atom. The van der Waals surface area contributed by atoms with Crippen molar-refractivity contribution in [1.29, 1.82) is 0 Å². The van der Waals surface area contributed by atoms with Crippen molar-refractivity contribution < 1.29 is 67.9 Å². The monoisotopic (exact) mass is 477 g/mol. The summed E-state index contributed by atoms with van der Waals surface area (Å²) in [5, 5.41) is 29.7. The van der Waals surface area contributed by atoms with Gasteiger partial charge in [0.25, 0.3) is 0 Å². The van der Waals surface area contributed by atoms with E-state index in [4.69, 9.17) is 0 Å². The van der Waals surface area contributed by atoms with Crippen LogP contribution in [0.4, 0.5) is 0 Å². The van der Waals surface area contributed by atoms with Gasteiger partial charge >= 0.3 is 0 Å². The van der Waals surface area contributed by atoms with Crippen LogP contribution in [0, 0.1) is 17.8 Å². The Kier molecular flexibility index (Phi) is 9.89. The molecule has 0 saturated carbocycles. The lowest BCUT2D eigenvalue weighted by Gasteiger charge is -2.49. The van der Waals surface area contributed by atoms with E-state index in [0.717, 1.165) is 6.92 Å². The molecular formula is C12H16O14P3-7. The van der Waals surface area contributed by atoms with Crippen LogP contribution in [-0.2, 0) is 28.1 Å². The van der Waals surface area contributed by atoms with Crippen LogP contribution in [0.3, 0.4) is 0 Å². The number of carboxylic acid groups (broad SMARTS) is 3. The predicted molar refractivity (Wildman–Crippen MR) is 79.0 cm³/mol. The molecule has 0 saturated heterocycles. The molecule has 0 aliphatic rings. The SMILES string of the molecule is CC(CC(CC(CP(=O)(O)CC(P(=O)([O-])[O-])P(=O)([O-])[O-])C(=O)[O-])C(=O)[O-])C(=O)[O-]. The number of aliphatic carboxylic acids is 3. The Bertz CT molecular complexity index is 744. The van der Waals surface area contributed by atoms with Crippen molar-refractivity contribution >= 4 is 40.5 Å². The van der Waals surface area contributed by atoms with E-state index in [9.17, 15) is 67.9 Å².